The van der Waals surface area contributed by atoms with E-state index in [0.29, 0.717) is 13.0 Å². The normalized spacial score (nSPS) is 11.9. The van der Waals surface area contributed by atoms with Crippen LogP contribution in [0.3, 0.4) is 0 Å². The Labute approximate surface area is 161 Å². The van der Waals surface area contributed by atoms with Crippen molar-refractivity contribution in [2.24, 2.45) is 0 Å². The second-order valence-electron chi connectivity index (χ2n) is 6.75. The molecular formula is C22H29N3O2. The van der Waals surface area contributed by atoms with Crippen molar-refractivity contribution in [3.63, 3.8) is 0 Å². The van der Waals surface area contributed by atoms with Crippen LogP contribution >= 0.6 is 0 Å². The maximum atomic E-state index is 12.2. The molecule has 2 N–H and O–H groups in total. The van der Waals surface area contributed by atoms with Crippen LogP contribution in [0.15, 0.2) is 54.6 Å². The quantitative estimate of drug-likeness (QED) is 0.714. The van der Waals surface area contributed by atoms with Gasteiger partial charge in [0.25, 0.3) is 0 Å². The molecule has 1 unspecified atom stereocenters. The van der Waals surface area contributed by atoms with Crippen LogP contribution in [0.2, 0.25) is 0 Å². The Morgan fingerprint density at radius 2 is 1.67 bits per heavy atom. The van der Waals surface area contributed by atoms with E-state index in [-0.39, 0.29) is 24.4 Å². The SMILES string of the molecule is CCc1ccccc1NC(=O)CN(C)CCC(=O)NC(C)c1ccccc1. The summed E-state index contributed by atoms with van der Waals surface area (Å²) in [5.41, 5.74) is 3.05. The van der Waals surface area contributed by atoms with Crippen molar-refractivity contribution in [1.82, 2.24) is 10.2 Å². The molecule has 2 aromatic carbocycles. The van der Waals surface area contributed by atoms with Gasteiger partial charge >= 0.3 is 0 Å². The van der Waals surface area contributed by atoms with Gasteiger partial charge in [0.2, 0.25) is 11.8 Å². The maximum absolute atomic E-state index is 12.2. The number of aryl methyl sites for hydroxylation is 1. The molecule has 2 amide bonds. The monoisotopic (exact) mass is 367 g/mol. The molecule has 0 aliphatic carbocycles. The van der Waals surface area contributed by atoms with E-state index >= 15 is 0 Å². The summed E-state index contributed by atoms with van der Waals surface area (Å²) < 4.78 is 0. The van der Waals surface area contributed by atoms with E-state index in [2.05, 4.69) is 17.6 Å². The number of rotatable bonds is 9. The van der Waals surface area contributed by atoms with Crippen LogP contribution in [0.5, 0.6) is 0 Å². The van der Waals surface area contributed by atoms with Crippen molar-refractivity contribution in [1.29, 1.82) is 0 Å². The average molecular weight is 367 g/mol. The van der Waals surface area contributed by atoms with Gasteiger partial charge in [0.15, 0.2) is 0 Å². The lowest BCUT2D eigenvalue weighted by Crippen LogP contribution is -2.34. The zero-order valence-electron chi connectivity index (χ0n) is 16.4. The van der Waals surface area contributed by atoms with Gasteiger partial charge in [0, 0.05) is 18.7 Å². The molecule has 5 heteroatoms. The van der Waals surface area contributed by atoms with Crippen molar-refractivity contribution in [2.75, 3.05) is 25.5 Å². The molecule has 144 valence electrons. The Hall–Kier alpha value is -2.66. The lowest BCUT2D eigenvalue weighted by molar-refractivity contribution is -0.123. The minimum atomic E-state index is -0.0727. The number of carbonyl (C=O) groups excluding carboxylic acids is 2. The third-order valence-corrected chi connectivity index (χ3v) is 4.48. The molecule has 0 aromatic heterocycles. The number of benzene rings is 2. The van der Waals surface area contributed by atoms with E-state index in [1.807, 2.05) is 73.5 Å². The van der Waals surface area contributed by atoms with Crippen LogP contribution in [0.4, 0.5) is 5.69 Å². The number of carbonyl (C=O) groups is 2. The number of para-hydroxylation sites is 1. The van der Waals surface area contributed by atoms with Gasteiger partial charge in [0.1, 0.15) is 0 Å². The Balaban J connectivity index is 1.74. The van der Waals surface area contributed by atoms with Crippen molar-refractivity contribution >= 4 is 17.5 Å². The second-order valence-corrected chi connectivity index (χ2v) is 6.75. The highest BCUT2D eigenvalue weighted by Gasteiger charge is 2.12. The fraction of sp³-hybridized carbons (Fsp3) is 0.364. The largest absolute Gasteiger partial charge is 0.350 e. The van der Waals surface area contributed by atoms with Crippen LogP contribution in [0, 0.1) is 0 Å². The predicted molar refractivity (Wildman–Crippen MR) is 110 cm³/mol. The van der Waals surface area contributed by atoms with Crippen LogP contribution in [0.25, 0.3) is 0 Å². The molecule has 0 saturated heterocycles. The molecule has 27 heavy (non-hydrogen) atoms. The lowest BCUT2D eigenvalue weighted by atomic mass is 10.1. The summed E-state index contributed by atoms with van der Waals surface area (Å²) in [6.45, 7) is 4.80. The number of hydrogen-bond donors (Lipinski definition) is 2. The first-order valence-electron chi connectivity index (χ1n) is 9.40. The summed E-state index contributed by atoms with van der Waals surface area (Å²) in [4.78, 5) is 26.3. The molecular weight excluding hydrogens is 338 g/mol. The number of likely N-dealkylation sites (N-methyl/N-ethyl adjacent to an activating group) is 1. The zero-order valence-corrected chi connectivity index (χ0v) is 16.4. The summed E-state index contributed by atoms with van der Waals surface area (Å²) in [5.74, 6) is -0.0913. The third-order valence-electron chi connectivity index (χ3n) is 4.48. The van der Waals surface area contributed by atoms with Gasteiger partial charge in [-0.1, -0.05) is 55.5 Å². The summed E-state index contributed by atoms with van der Waals surface area (Å²) >= 11 is 0. The molecule has 1 atom stereocenters. The third kappa shape index (κ3) is 6.87. The summed E-state index contributed by atoms with van der Waals surface area (Å²) in [7, 11) is 1.85. The highest BCUT2D eigenvalue weighted by atomic mass is 16.2. The van der Waals surface area contributed by atoms with E-state index in [1.54, 1.807) is 0 Å². The van der Waals surface area contributed by atoms with Crippen LogP contribution in [0.1, 0.15) is 37.4 Å². The van der Waals surface area contributed by atoms with Crippen molar-refractivity contribution in [3.8, 4) is 0 Å². The smallest absolute Gasteiger partial charge is 0.238 e. The Morgan fingerprint density at radius 3 is 2.37 bits per heavy atom. The minimum absolute atomic E-state index is 0.0186. The first-order valence-corrected chi connectivity index (χ1v) is 9.40. The van der Waals surface area contributed by atoms with Gasteiger partial charge in [-0.05, 0) is 37.6 Å². The molecule has 2 aromatic rings. The highest BCUT2D eigenvalue weighted by Crippen LogP contribution is 2.15. The summed E-state index contributed by atoms with van der Waals surface area (Å²) in [6, 6.07) is 17.6. The number of hydrogen-bond acceptors (Lipinski definition) is 3. The first-order chi connectivity index (χ1) is 13.0. The molecule has 0 saturated carbocycles. The van der Waals surface area contributed by atoms with E-state index in [4.69, 9.17) is 0 Å². The standard InChI is InChI=1S/C22H29N3O2/c1-4-18-10-8-9-13-20(18)24-22(27)16-25(3)15-14-21(26)23-17(2)19-11-6-5-7-12-19/h5-13,17H,4,14-16H2,1-3H3,(H,23,26)(H,24,27). The van der Waals surface area contributed by atoms with Gasteiger partial charge < -0.3 is 10.6 Å². The van der Waals surface area contributed by atoms with Gasteiger partial charge in [-0.2, -0.15) is 0 Å². The Kier molecular flexibility index (Phi) is 8.01. The highest BCUT2D eigenvalue weighted by molar-refractivity contribution is 5.93. The average Bonchev–Trinajstić information content (AvgIpc) is 2.67. The minimum Gasteiger partial charge on any atom is -0.350 e. The molecule has 0 aliphatic rings. The van der Waals surface area contributed by atoms with Crippen LogP contribution < -0.4 is 10.6 Å². The molecule has 0 heterocycles. The Bertz CT molecular complexity index is 746. The molecule has 5 nitrogen and oxygen atoms in total. The fourth-order valence-electron chi connectivity index (χ4n) is 2.90. The zero-order chi connectivity index (χ0) is 19.6. The predicted octanol–water partition coefficient (Wildman–Crippen LogP) is 3.39. The van der Waals surface area contributed by atoms with E-state index in [1.165, 1.54) is 0 Å². The van der Waals surface area contributed by atoms with Crippen LogP contribution in [-0.4, -0.2) is 36.9 Å². The molecule has 0 radical (unpaired) electrons. The molecule has 0 bridgehead atoms. The van der Waals surface area contributed by atoms with Gasteiger partial charge in [-0.25, -0.2) is 0 Å². The number of anilines is 1. The van der Waals surface area contributed by atoms with Gasteiger partial charge in [0.05, 0.1) is 12.6 Å². The molecule has 2 rings (SSSR count). The Morgan fingerprint density at radius 1 is 1.00 bits per heavy atom. The van der Waals surface area contributed by atoms with Crippen molar-refractivity contribution in [3.05, 3.63) is 65.7 Å². The molecule has 0 aliphatic heterocycles. The van der Waals surface area contributed by atoms with Crippen LogP contribution in [-0.2, 0) is 16.0 Å². The van der Waals surface area contributed by atoms with Gasteiger partial charge in [-0.3, -0.25) is 14.5 Å². The topological polar surface area (TPSA) is 61.4 Å². The maximum Gasteiger partial charge on any atom is 0.238 e. The van der Waals surface area contributed by atoms with E-state index in [0.717, 1.165) is 23.2 Å². The molecule has 0 fully saturated rings. The van der Waals surface area contributed by atoms with E-state index < -0.39 is 0 Å². The summed E-state index contributed by atoms with van der Waals surface area (Å²) in [5, 5.41) is 5.95. The van der Waals surface area contributed by atoms with Crippen molar-refractivity contribution < 1.29 is 9.59 Å². The number of nitrogens with zero attached hydrogens (tertiary/aromatic N) is 1. The lowest BCUT2D eigenvalue weighted by Gasteiger charge is -2.18. The molecule has 0 spiro atoms. The van der Waals surface area contributed by atoms with E-state index in [9.17, 15) is 9.59 Å². The first kappa shape index (κ1) is 20.6. The number of amides is 2. The summed E-state index contributed by atoms with van der Waals surface area (Å²) in [6.07, 6.45) is 1.22. The van der Waals surface area contributed by atoms with Gasteiger partial charge in [-0.15, -0.1) is 0 Å². The number of nitrogens with one attached hydrogen (secondary N) is 2. The van der Waals surface area contributed by atoms with Crippen molar-refractivity contribution in [2.45, 2.75) is 32.7 Å². The second kappa shape index (κ2) is 10.5. The fourth-order valence-corrected chi connectivity index (χ4v) is 2.90.